The molecule has 0 aliphatic heterocycles. The van der Waals surface area contributed by atoms with Crippen molar-refractivity contribution >= 4 is 5.97 Å². The van der Waals surface area contributed by atoms with Gasteiger partial charge in [0.2, 0.25) is 0 Å². The Morgan fingerprint density at radius 2 is 1.62 bits per heavy atom. The van der Waals surface area contributed by atoms with Gasteiger partial charge in [-0.15, -0.1) is 0 Å². The van der Waals surface area contributed by atoms with Gasteiger partial charge >= 0.3 is 5.97 Å². The van der Waals surface area contributed by atoms with Crippen LogP contribution >= 0.6 is 0 Å². The Morgan fingerprint density at radius 3 is 1.62 bits per heavy atom. The smallest absolute Gasteiger partial charge is 0.305 e. The second-order valence-electron chi connectivity index (χ2n) is 1.49. The largest absolute Gasteiger partial charge is 0.481 e. The van der Waals surface area contributed by atoms with Crippen LogP contribution in [0, 0.1) is 5.92 Å². The summed E-state index contributed by atoms with van der Waals surface area (Å²) in [5.41, 5.74) is 0. The maximum atomic E-state index is 9.70. The van der Waals surface area contributed by atoms with E-state index in [1.54, 1.807) is 13.8 Å². The molecular formula is C4H10AuO3. The maximum absolute atomic E-state index is 9.70. The minimum atomic E-state index is -0.741. The molecule has 3 nitrogen and oxygen atoms in total. The van der Waals surface area contributed by atoms with Crippen LogP contribution in [-0.4, -0.2) is 16.6 Å². The summed E-state index contributed by atoms with van der Waals surface area (Å²) in [6.07, 6.45) is 0. The Hall–Kier alpha value is 0.170. The van der Waals surface area contributed by atoms with Crippen LogP contribution in [-0.2, 0) is 27.2 Å². The molecule has 8 heavy (non-hydrogen) atoms. The zero-order valence-electron chi connectivity index (χ0n) is 4.73. The molecule has 1 radical (unpaired) electrons. The van der Waals surface area contributed by atoms with Crippen molar-refractivity contribution in [2.75, 3.05) is 0 Å². The maximum Gasteiger partial charge on any atom is 0.305 e. The van der Waals surface area contributed by atoms with Gasteiger partial charge in [-0.05, 0) is 0 Å². The molecule has 0 aromatic heterocycles. The van der Waals surface area contributed by atoms with E-state index in [-0.39, 0.29) is 33.8 Å². The molecule has 0 atom stereocenters. The fourth-order valence-electron chi connectivity index (χ4n) is 0. The Bertz CT molecular complexity index is 62.3. The Balaban J connectivity index is -0.000000125. The molecule has 4 heteroatoms. The van der Waals surface area contributed by atoms with E-state index < -0.39 is 5.97 Å². The van der Waals surface area contributed by atoms with Crippen molar-refractivity contribution in [3.05, 3.63) is 0 Å². The van der Waals surface area contributed by atoms with E-state index in [1.807, 2.05) is 0 Å². The molecule has 0 fully saturated rings. The minimum Gasteiger partial charge on any atom is -0.481 e. The summed E-state index contributed by atoms with van der Waals surface area (Å²) in [6, 6.07) is 0. The molecule has 55 valence electrons. The fraction of sp³-hybridized carbons (Fsp3) is 0.750. The SMILES string of the molecule is CC(C)C(=O)O.O.[Au]. The first-order valence-electron chi connectivity index (χ1n) is 1.87. The quantitative estimate of drug-likeness (QED) is 0.687. The van der Waals surface area contributed by atoms with E-state index >= 15 is 0 Å². The predicted octanol–water partition coefficient (Wildman–Crippen LogP) is -0.100. The van der Waals surface area contributed by atoms with E-state index in [0.717, 1.165) is 0 Å². The number of rotatable bonds is 1. The molecule has 0 unspecified atom stereocenters. The van der Waals surface area contributed by atoms with Crippen molar-refractivity contribution in [3.8, 4) is 0 Å². The van der Waals surface area contributed by atoms with Gasteiger partial charge in [0, 0.05) is 22.4 Å². The topological polar surface area (TPSA) is 68.8 Å². The summed E-state index contributed by atoms with van der Waals surface area (Å²) >= 11 is 0. The molecule has 0 aliphatic rings. The molecule has 3 N–H and O–H groups in total. The summed E-state index contributed by atoms with van der Waals surface area (Å²) in [5, 5.41) is 7.99. The number of carboxylic acid groups (broad SMARTS) is 1. The van der Waals surface area contributed by atoms with Gasteiger partial charge in [0.15, 0.2) is 0 Å². The molecule has 0 heterocycles. The van der Waals surface area contributed by atoms with Crippen LogP contribution < -0.4 is 0 Å². The van der Waals surface area contributed by atoms with Crippen molar-refractivity contribution in [2.45, 2.75) is 13.8 Å². The molecule has 0 amide bonds. The summed E-state index contributed by atoms with van der Waals surface area (Å²) in [4.78, 5) is 9.70. The van der Waals surface area contributed by atoms with Crippen LogP contribution in [0.2, 0.25) is 0 Å². The van der Waals surface area contributed by atoms with E-state index in [4.69, 9.17) is 5.11 Å². The molecule has 0 aromatic rings. The van der Waals surface area contributed by atoms with Crippen LogP contribution in [0.25, 0.3) is 0 Å². The van der Waals surface area contributed by atoms with Gasteiger partial charge in [0.1, 0.15) is 0 Å². The van der Waals surface area contributed by atoms with Gasteiger partial charge < -0.3 is 10.6 Å². The molecule has 0 saturated carbocycles. The van der Waals surface area contributed by atoms with Crippen molar-refractivity contribution in [2.24, 2.45) is 5.92 Å². The van der Waals surface area contributed by atoms with Crippen molar-refractivity contribution in [1.29, 1.82) is 0 Å². The van der Waals surface area contributed by atoms with Crippen molar-refractivity contribution in [1.82, 2.24) is 0 Å². The second-order valence-corrected chi connectivity index (χ2v) is 1.49. The summed E-state index contributed by atoms with van der Waals surface area (Å²) in [5.74, 6) is -0.972. The summed E-state index contributed by atoms with van der Waals surface area (Å²) < 4.78 is 0. The van der Waals surface area contributed by atoms with Crippen LogP contribution in [0.3, 0.4) is 0 Å². The molecule has 0 spiro atoms. The summed E-state index contributed by atoms with van der Waals surface area (Å²) in [6.45, 7) is 3.28. The number of carbonyl (C=O) groups is 1. The first-order valence-corrected chi connectivity index (χ1v) is 1.87. The van der Waals surface area contributed by atoms with Gasteiger partial charge in [-0.3, -0.25) is 4.79 Å². The molecule has 0 aromatic carbocycles. The van der Waals surface area contributed by atoms with Crippen LogP contribution in [0.1, 0.15) is 13.8 Å². The zero-order valence-corrected chi connectivity index (χ0v) is 6.90. The third kappa shape index (κ3) is 9.48. The molecule has 0 aliphatic carbocycles. The van der Waals surface area contributed by atoms with Crippen LogP contribution in [0.4, 0.5) is 0 Å². The Morgan fingerprint density at radius 1 is 1.50 bits per heavy atom. The minimum absolute atomic E-state index is 0. The second kappa shape index (κ2) is 7.17. The molecular weight excluding hydrogens is 293 g/mol. The predicted molar refractivity (Wildman–Crippen MR) is 26.1 cm³/mol. The van der Waals surface area contributed by atoms with E-state index in [9.17, 15) is 4.79 Å². The normalized spacial score (nSPS) is 6.88. The monoisotopic (exact) mass is 303 g/mol. The van der Waals surface area contributed by atoms with Gasteiger partial charge in [0.25, 0.3) is 0 Å². The third-order valence-corrected chi connectivity index (χ3v) is 0.494. The van der Waals surface area contributed by atoms with Crippen molar-refractivity contribution < 1.29 is 37.8 Å². The molecule has 0 bridgehead atoms. The Kier molecular flexibility index (Phi) is 14.1. The third-order valence-electron chi connectivity index (χ3n) is 0.494. The average Bonchev–Trinajstić information content (AvgIpc) is 1.36. The van der Waals surface area contributed by atoms with Crippen molar-refractivity contribution in [3.63, 3.8) is 0 Å². The Labute approximate surface area is 63.9 Å². The first kappa shape index (κ1) is 15.7. The number of carboxylic acids is 1. The van der Waals surface area contributed by atoms with E-state index in [2.05, 4.69) is 0 Å². The molecule has 0 rings (SSSR count). The van der Waals surface area contributed by atoms with Gasteiger partial charge in [0.05, 0.1) is 5.92 Å². The zero-order chi connectivity index (χ0) is 5.15. The standard InChI is InChI=1S/C4H8O2.Au.H2O/c1-3(2)4(5)6;;/h3H,1-2H3,(H,5,6);;1H2. The first-order chi connectivity index (χ1) is 2.64. The average molecular weight is 303 g/mol. The van der Waals surface area contributed by atoms with Gasteiger partial charge in [-0.2, -0.15) is 0 Å². The van der Waals surface area contributed by atoms with E-state index in [1.165, 1.54) is 0 Å². The fourth-order valence-corrected chi connectivity index (χ4v) is 0. The molecule has 0 saturated heterocycles. The van der Waals surface area contributed by atoms with Crippen LogP contribution in [0.5, 0.6) is 0 Å². The number of aliphatic carboxylic acids is 1. The van der Waals surface area contributed by atoms with Crippen LogP contribution in [0.15, 0.2) is 0 Å². The number of hydrogen-bond donors (Lipinski definition) is 1. The van der Waals surface area contributed by atoms with Gasteiger partial charge in [-0.25, -0.2) is 0 Å². The van der Waals surface area contributed by atoms with Gasteiger partial charge in [-0.1, -0.05) is 13.8 Å². The number of hydrogen-bond acceptors (Lipinski definition) is 1. The van der Waals surface area contributed by atoms with E-state index in [0.29, 0.717) is 0 Å². The summed E-state index contributed by atoms with van der Waals surface area (Å²) in [7, 11) is 0.